The fourth-order valence-corrected chi connectivity index (χ4v) is 2.56. The molecule has 3 aromatic rings. The molecule has 0 aliphatic rings. The predicted octanol–water partition coefficient (Wildman–Crippen LogP) is 4.54. The lowest BCUT2D eigenvalue weighted by molar-refractivity contribution is 0.102. The fourth-order valence-electron chi connectivity index (χ4n) is 2.56. The van der Waals surface area contributed by atoms with Gasteiger partial charge in [-0.25, -0.2) is 0 Å². The highest BCUT2D eigenvalue weighted by Crippen LogP contribution is 2.26. The number of carbonyl (C=O) groups is 1. The maximum Gasteiger partial charge on any atom is 0.255 e. The van der Waals surface area contributed by atoms with Gasteiger partial charge in [0, 0.05) is 17.3 Å². The quantitative estimate of drug-likeness (QED) is 0.670. The molecular weight excluding hydrogens is 342 g/mol. The molecule has 0 unspecified atom stereocenters. The first-order valence-corrected chi connectivity index (χ1v) is 8.50. The summed E-state index contributed by atoms with van der Waals surface area (Å²) in [4.78, 5) is 12.4. The van der Waals surface area contributed by atoms with Gasteiger partial charge in [-0.1, -0.05) is 30.3 Å². The zero-order valence-electron chi connectivity index (χ0n) is 15.3. The lowest BCUT2D eigenvalue weighted by Crippen LogP contribution is -2.12. The SMILES string of the molecule is COc1cccc(NC(=O)c2ccc(COc3ccccc3OC)cc2)c1. The summed E-state index contributed by atoms with van der Waals surface area (Å²) in [6.45, 7) is 0.387. The average molecular weight is 363 g/mol. The lowest BCUT2D eigenvalue weighted by atomic mass is 10.1. The number of nitrogens with one attached hydrogen (secondary N) is 1. The molecule has 3 aromatic carbocycles. The van der Waals surface area contributed by atoms with Gasteiger partial charge in [0.05, 0.1) is 14.2 Å². The first-order valence-electron chi connectivity index (χ1n) is 8.50. The third kappa shape index (κ3) is 4.79. The second-order valence-electron chi connectivity index (χ2n) is 5.82. The molecule has 27 heavy (non-hydrogen) atoms. The van der Waals surface area contributed by atoms with Crippen LogP contribution < -0.4 is 19.5 Å². The first-order chi connectivity index (χ1) is 13.2. The molecule has 0 atom stereocenters. The Labute approximate surface area is 158 Å². The molecule has 0 spiro atoms. The van der Waals surface area contributed by atoms with Gasteiger partial charge in [0.25, 0.3) is 5.91 Å². The van der Waals surface area contributed by atoms with Crippen LogP contribution in [0.25, 0.3) is 0 Å². The van der Waals surface area contributed by atoms with Gasteiger partial charge in [0.1, 0.15) is 12.4 Å². The largest absolute Gasteiger partial charge is 0.497 e. The van der Waals surface area contributed by atoms with Gasteiger partial charge in [-0.2, -0.15) is 0 Å². The Balaban J connectivity index is 1.61. The molecule has 1 N–H and O–H groups in total. The Morgan fingerprint density at radius 3 is 2.30 bits per heavy atom. The molecule has 0 saturated carbocycles. The summed E-state index contributed by atoms with van der Waals surface area (Å²) in [6, 6.07) is 22.0. The van der Waals surface area contributed by atoms with E-state index in [4.69, 9.17) is 14.2 Å². The lowest BCUT2D eigenvalue weighted by Gasteiger charge is -2.11. The smallest absolute Gasteiger partial charge is 0.255 e. The van der Waals surface area contributed by atoms with Crippen molar-refractivity contribution in [1.29, 1.82) is 0 Å². The highest BCUT2D eigenvalue weighted by molar-refractivity contribution is 6.04. The van der Waals surface area contributed by atoms with Crippen molar-refractivity contribution in [2.75, 3.05) is 19.5 Å². The van der Waals surface area contributed by atoms with E-state index in [1.54, 1.807) is 32.4 Å². The van der Waals surface area contributed by atoms with Crippen molar-refractivity contribution in [3.8, 4) is 17.2 Å². The van der Waals surface area contributed by atoms with Gasteiger partial charge in [-0.05, 0) is 42.0 Å². The number of para-hydroxylation sites is 2. The summed E-state index contributed by atoms with van der Waals surface area (Å²) < 4.78 is 16.2. The number of methoxy groups -OCH3 is 2. The zero-order valence-corrected chi connectivity index (χ0v) is 15.3. The van der Waals surface area contributed by atoms with Gasteiger partial charge >= 0.3 is 0 Å². The number of benzene rings is 3. The second kappa shape index (κ2) is 8.76. The van der Waals surface area contributed by atoms with Crippen molar-refractivity contribution < 1.29 is 19.0 Å². The van der Waals surface area contributed by atoms with Crippen molar-refractivity contribution in [2.24, 2.45) is 0 Å². The van der Waals surface area contributed by atoms with Crippen molar-refractivity contribution in [3.63, 3.8) is 0 Å². The van der Waals surface area contributed by atoms with E-state index in [1.165, 1.54) is 0 Å². The highest BCUT2D eigenvalue weighted by atomic mass is 16.5. The third-order valence-electron chi connectivity index (χ3n) is 4.01. The van der Waals surface area contributed by atoms with Crippen LogP contribution >= 0.6 is 0 Å². The minimum Gasteiger partial charge on any atom is -0.497 e. The number of ether oxygens (including phenoxy) is 3. The number of hydrogen-bond donors (Lipinski definition) is 1. The van der Waals surface area contributed by atoms with Gasteiger partial charge in [0.2, 0.25) is 0 Å². The summed E-state index contributed by atoms with van der Waals surface area (Å²) in [5, 5.41) is 2.86. The molecule has 5 heteroatoms. The summed E-state index contributed by atoms with van der Waals surface area (Å²) in [5.41, 5.74) is 2.21. The monoisotopic (exact) mass is 363 g/mol. The highest BCUT2D eigenvalue weighted by Gasteiger charge is 2.08. The Bertz CT molecular complexity index is 906. The standard InChI is InChI=1S/C22H21NO4/c1-25-19-7-5-6-18(14-19)23-22(24)17-12-10-16(11-13-17)15-27-21-9-4-3-8-20(21)26-2/h3-14H,15H2,1-2H3,(H,23,24). The fraction of sp³-hybridized carbons (Fsp3) is 0.136. The van der Waals surface area contributed by atoms with Crippen LogP contribution in [0, 0.1) is 0 Å². The maximum atomic E-state index is 12.4. The van der Waals surface area contributed by atoms with Crippen LogP contribution in [0.15, 0.2) is 72.8 Å². The van der Waals surface area contributed by atoms with Gasteiger partial charge in [-0.3, -0.25) is 4.79 Å². The van der Waals surface area contributed by atoms with Crippen molar-refractivity contribution in [1.82, 2.24) is 0 Å². The van der Waals surface area contributed by atoms with Gasteiger partial charge < -0.3 is 19.5 Å². The number of carbonyl (C=O) groups excluding carboxylic acids is 1. The molecule has 0 heterocycles. The average Bonchev–Trinajstić information content (AvgIpc) is 2.73. The molecule has 0 aromatic heterocycles. The minimum absolute atomic E-state index is 0.180. The summed E-state index contributed by atoms with van der Waals surface area (Å²) in [6.07, 6.45) is 0. The van der Waals surface area contributed by atoms with Crippen LogP contribution in [0.2, 0.25) is 0 Å². The molecule has 0 bridgehead atoms. The summed E-state index contributed by atoms with van der Waals surface area (Å²) in [5.74, 6) is 1.88. The van der Waals surface area contributed by atoms with E-state index in [9.17, 15) is 4.79 Å². The molecule has 1 amide bonds. The van der Waals surface area contributed by atoms with Crippen molar-refractivity contribution >= 4 is 11.6 Å². The molecule has 0 radical (unpaired) electrons. The van der Waals surface area contributed by atoms with Crippen LogP contribution in [-0.4, -0.2) is 20.1 Å². The molecule has 0 saturated heterocycles. The number of anilines is 1. The van der Waals surface area contributed by atoms with Gasteiger partial charge in [0.15, 0.2) is 11.5 Å². The minimum atomic E-state index is -0.180. The van der Waals surface area contributed by atoms with E-state index < -0.39 is 0 Å². The molecule has 5 nitrogen and oxygen atoms in total. The van der Waals surface area contributed by atoms with E-state index >= 15 is 0 Å². The molecule has 0 fully saturated rings. The van der Waals surface area contributed by atoms with Crippen LogP contribution in [0.1, 0.15) is 15.9 Å². The number of hydrogen-bond acceptors (Lipinski definition) is 4. The van der Waals surface area contributed by atoms with E-state index in [0.717, 1.165) is 5.56 Å². The van der Waals surface area contributed by atoms with Gasteiger partial charge in [-0.15, -0.1) is 0 Å². The molecule has 0 aliphatic heterocycles. The van der Waals surface area contributed by atoms with E-state index in [1.807, 2.05) is 54.6 Å². The third-order valence-corrected chi connectivity index (χ3v) is 4.01. The van der Waals surface area contributed by atoms with E-state index in [-0.39, 0.29) is 5.91 Å². The summed E-state index contributed by atoms with van der Waals surface area (Å²) >= 11 is 0. The van der Waals surface area contributed by atoms with Crippen molar-refractivity contribution in [3.05, 3.63) is 83.9 Å². The van der Waals surface area contributed by atoms with E-state index in [2.05, 4.69) is 5.32 Å². The van der Waals surface area contributed by atoms with Crippen LogP contribution in [0.5, 0.6) is 17.2 Å². The normalized spacial score (nSPS) is 10.1. The predicted molar refractivity (Wildman–Crippen MR) is 105 cm³/mol. The maximum absolute atomic E-state index is 12.4. The molecular formula is C22H21NO4. The van der Waals surface area contributed by atoms with Crippen LogP contribution in [0.3, 0.4) is 0 Å². The molecule has 0 aliphatic carbocycles. The second-order valence-corrected chi connectivity index (χ2v) is 5.82. The van der Waals surface area contributed by atoms with Crippen LogP contribution in [0.4, 0.5) is 5.69 Å². The Morgan fingerprint density at radius 2 is 1.59 bits per heavy atom. The number of amides is 1. The Hall–Kier alpha value is -3.47. The van der Waals surface area contributed by atoms with Crippen molar-refractivity contribution in [2.45, 2.75) is 6.61 Å². The van der Waals surface area contributed by atoms with E-state index in [0.29, 0.717) is 35.1 Å². The molecule has 3 rings (SSSR count). The Morgan fingerprint density at radius 1 is 0.852 bits per heavy atom. The zero-order chi connectivity index (χ0) is 19.1. The number of rotatable bonds is 7. The topological polar surface area (TPSA) is 56.8 Å². The molecule has 138 valence electrons. The Kier molecular flexibility index (Phi) is 5.94. The summed E-state index contributed by atoms with van der Waals surface area (Å²) in [7, 11) is 3.20. The first kappa shape index (κ1) is 18.3. The van der Waals surface area contributed by atoms with Crippen LogP contribution in [-0.2, 0) is 6.61 Å².